The van der Waals surface area contributed by atoms with Crippen LogP contribution in [-0.2, 0) is 4.74 Å². The zero-order valence-corrected chi connectivity index (χ0v) is 10.3. The Balaban J connectivity index is 1.87. The van der Waals surface area contributed by atoms with Crippen molar-refractivity contribution in [1.29, 1.82) is 0 Å². The number of hydrazine groups is 1. The number of rotatable bonds is 3. The highest BCUT2D eigenvalue weighted by Crippen LogP contribution is 2.37. The van der Waals surface area contributed by atoms with Crippen LogP contribution in [0, 0.1) is 0 Å². The van der Waals surface area contributed by atoms with Crippen molar-refractivity contribution in [2.45, 2.75) is 24.8 Å². The topological polar surface area (TPSA) is 56.5 Å². The summed E-state index contributed by atoms with van der Waals surface area (Å²) < 4.78 is 11.4. The molecule has 1 aromatic carbocycles. The van der Waals surface area contributed by atoms with Crippen molar-refractivity contribution in [3.8, 4) is 5.75 Å². The van der Waals surface area contributed by atoms with E-state index < -0.39 is 0 Å². The van der Waals surface area contributed by atoms with E-state index in [1.54, 1.807) is 0 Å². The third-order valence-electron chi connectivity index (χ3n) is 3.59. The highest BCUT2D eigenvalue weighted by molar-refractivity contribution is 5.41. The van der Waals surface area contributed by atoms with E-state index in [0.29, 0.717) is 6.61 Å². The lowest BCUT2D eigenvalue weighted by Gasteiger charge is -2.27. The number of ether oxygens (including phenoxy) is 2. The van der Waals surface area contributed by atoms with Gasteiger partial charge in [-0.05, 0) is 25.0 Å². The first-order valence-electron chi connectivity index (χ1n) is 6.41. The summed E-state index contributed by atoms with van der Waals surface area (Å²) in [7, 11) is 0. The van der Waals surface area contributed by atoms with Gasteiger partial charge in [-0.25, -0.2) is 5.43 Å². The highest BCUT2D eigenvalue weighted by Gasteiger charge is 2.34. The van der Waals surface area contributed by atoms with Crippen LogP contribution >= 0.6 is 0 Å². The molecule has 0 fully saturated rings. The van der Waals surface area contributed by atoms with Gasteiger partial charge in [0.05, 0.1) is 19.3 Å². The normalized spacial score (nSPS) is 23.6. The zero-order chi connectivity index (χ0) is 12.4. The fourth-order valence-corrected chi connectivity index (χ4v) is 2.65. The van der Waals surface area contributed by atoms with Crippen LogP contribution in [0.25, 0.3) is 0 Å². The fraction of sp³-hybridized carbons (Fsp3) is 0.429. The molecule has 0 amide bonds. The van der Waals surface area contributed by atoms with Crippen molar-refractivity contribution in [3.05, 3.63) is 41.7 Å². The molecule has 96 valence electrons. The van der Waals surface area contributed by atoms with E-state index in [4.69, 9.17) is 15.3 Å². The molecule has 0 aromatic heterocycles. The lowest BCUT2D eigenvalue weighted by atomic mass is 9.91. The van der Waals surface area contributed by atoms with Crippen molar-refractivity contribution < 1.29 is 9.47 Å². The summed E-state index contributed by atoms with van der Waals surface area (Å²) in [5, 5.41) is 0. The van der Waals surface area contributed by atoms with Gasteiger partial charge in [-0.3, -0.25) is 5.84 Å². The molecule has 0 saturated heterocycles. The maximum atomic E-state index is 5.72. The predicted molar refractivity (Wildman–Crippen MR) is 69.1 cm³/mol. The van der Waals surface area contributed by atoms with Crippen LogP contribution in [-0.4, -0.2) is 19.3 Å². The minimum absolute atomic E-state index is 0.00560. The second-order valence-electron chi connectivity index (χ2n) is 4.70. The minimum Gasteiger partial charge on any atom is -0.497 e. The number of nitrogens with one attached hydrogen (secondary N) is 1. The van der Waals surface area contributed by atoms with E-state index >= 15 is 0 Å². The molecule has 0 bridgehead atoms. The van der Waals surface area contributed by atoms with Crippen LogP contribution in [0.1, 0.15) is 24.3 Å². The SMILES string of the molecule is NNC(C1=CCCCO1)C1COc2ccccc21. The molecule has 2 unspecified atom stereocenters. The molecule has 0 spiro atoms. The molecule has 2 heterocycles. The Bertz CT molecular complexity index is 459. The third-order valence-corrected chi connectivity index (χ3v) is 3.59. The van der Waals surface area contributed by atoms with Crippen LogP contribution in [0.4, 0.5) is 0 Å². The van der Waals surface area contributed by atoms with Crippen molar-refractivity contribution >= 4 is 0 Å². The Kier molecular flexibility index (Phi) is 3.21. The van der Waals surface area contributed by atoms with Gasteiger partial charge < -0.3 is 9.47 Å². The first-order chi connectivity index (χ1) is 8.90. The molecular weight excluding hydrogens is 228 g/mol. The number of hydrogen-bond acceptors (Lipinski definition) is 4. The van der Waals surface area contributed by atoms with Crippen molar-refractivity contribution in [2.24, 2.45) is 5.84 Å². The van der Waals surface area contributed by atoms with E-state index in [-0.39, 0.29) is 12.0 Å². The number of fused-ring (bicyclic) bond motifs is 1. The Morgan fingerprint density at radius 2 is 2.17 bits per heavy atom. The molecule has 0 aliphatic carbocycles. The maximum Gasteiger partial charge on any atom is 0.122 e. The molecule has 18 heavy (non-hydrogen) atoms. The summed E-state index contributed by atoms with van der Waals surface area (Å²) in [6.45, 7) is 1.42. The van der Waals surface area contributed by atoms with Gasteiger partial charge >= 0.3 is 0 Å². The Hall–Kier alpha value is -1.52. The molecule has 2 atom stereocenters. The van der Waals surface area contributed by atoms with E-state index in [0.717, 1.165) is 31.0 Å². The monoisotopic (exact) mass is 246 g/mol. The highest BCUT2D eigenvalue weighted by atomic mass is 16.5. The quantitative estimate of drug-likeness (QED) is 0.629. The van der Waals surface area contributed by atoms with Crippen LogP contribution in [0.15, 0.2) is 36.1 Å². The molecule has 3 N–H and O–H groups in total. The van der Waals surface area contributed by atoms with Gasteiger partial charge in [0.2, 0.25) is 0 Å². The van der Waals surface area contributed by atoms with E-state index in [2.05, 4.69) is 17.6 Å². The third kappa shape index (κ3) is 1.98. The first kappa shape index (κ1) is 11.6. The predicted octanol–water partition coefficient (Wildman–Crippen LogP) is 1.69. The van der Waals surface area contributed by atoms with Crippen LogP contribution < -0.4 is 16.0 Å². The van der Waals surface area contributed by atoms with Gasteiger partial charge in [0.15, 0.2) is 0 Å². The second-order valence-corrected chi connectivity index (χ2v) is 4.70. The lowest BCUT2D eigenvalue weighted by molar-refractivity contribution is 0.155. The average Bonchev–Trinajstić information content (AvgIpc) is 2.85. The number of benzene rings is 1. The number of hydrogen-bond donors (Lipinski definition) is 2. The van der Waals surface area contributed by atoms with Crippen molar-refractivity contribution in [2.75, 3.05) is 13.2 Å². The van der Waals surface area contributed by atoms with Crippen LogP contribution in [0.2, 0.25) is 0 Å². The molecule has 0 saturated carbocycles. The Morgan fingerprint density at radius 1 is 1.28 bits per heavy atom. The van der Waals surface area contributed by atoms with E-state index in [1.807, 2.05) is 18.2 Å². The smallest absolute Gasteiger partial charge is 0.122 e. The zero-order valence-electron chi connectivity index (χ0n) is 10.3. The molecule has 3 rings (SSSR count). The summed E-state index contributed by atoms with van der Waals surface area (Å²) in [6.07, 6.45) is 4.27. The molecule has 2 aliphatic heterocycles. The number of allylic oxidation sites excluding steroid dienone is 1. The minimum atomic E-state index is -0.00560. The van der Waals surface area contributed by atoms with E-state index in [9.17, 15) is 0 Å². The molecular formula is C14H18N2O2. The molecule has 4 heteroatoms. The molecule has 1 aromatic rings. The summed E-state index contributed by atoms with van der Waals surface area (Å²) >= 11 is 0. The molecule has 0 radical (unpaired) electrons. The Labute approximate surface area is 107 Å². The number of para-hydroxylation sites is 1. The van der Waals surface area contributed by atoms with E-state index in [1.165, 1.54) is 5.56 Å². The van der Waals surface area contributed by atoms with Gasteiger partial charge in [-0.2, -0.15) is 0 Å². The molecule has 4 nitrogen and oxygen atoms in total. The average molecular weight is 246 g/mol. The fourth-order valence-electron chi connectivity index (χ4n) is 2.65. The van der Waals surface area contributed by atoms with Gasteiger partial charge in [-0.15, -0.1) is 0 Å². The van der Waals surface area contributed by atoms with Gasteiger partial charge in [-0.1, -0.05) is 18.2 Å². The summed E-state index contributed by atoms with van der Waals surface area (Å²) in [5.41, 5.74) is 4.09. The van der Waals surface area contributed by atoms with Crippen LogP contribution in [0.5, 0.6) is 5.75 Å². The van der Waals surface area contributed by atoms with Crippen molar-refractivity contribution in [1.82, 2.24) is 5.43 Å². The Morgan fingerprint density at radius 3 is 2.94 bits per heavy atom. The maximum absolute atomic E-state index is 5.72. The second kappa shape index (κ2) is 5.00. The summed E-state index contributed by atoms with van der Waals surface area (Å²) in [4.78, 5) is 0. The first-order valence-corrected chi connectivity index (χ1v) is 6.41. The summed E-state index contributed by atoms with van der Waals surface area (Å²) in [5.74, 6) is 7.84. The standard InChI is InChI=1S/C14H18N2O2/c15-16-14(13-7-3-4-8-17-13)11-9-18-12-6-2-1-5-10(11)12/h1-2,5-7,11,14,16H,3-4,8-9,15H2. The van der Waals surface area contributed by atoms with Gasteiger partial charge in [0, 0.05) is 11.5 Å². The van der Waals surface area contributed by atoms with Gasteiger partial charge in [0.25, 0.3) is 0 Å². The van der Waals surface area contributed by atoms with Gasteiger partial charge in [0.1, 0.15) is 11.5 Å². The lowest BCUT2D eigenvalue weighted by Crippen LogP contribution is -2.43. The number of nitrogens with two attached hydrogens (primary N) is 1. The largest absolute Gasteiger partial charge is 0.497 e. The van der Waals surface area contributed by atoms with Crippen LogP contribution in [0.3, 0.4) is 0 Å². The van der Waals surface area contributed by atoms with Crippen molar-refractivity contribution in [3.63, 3.8) is 0 Å². The molecule has 2 aliphatic rings. The summed E-state index contributed by atoms with van der Waals surface area (Å²) in [6, 6.07) is 8.11.